The zero-order chi connectivity index (χ0) is 14.7. The molecular formula is C13H10Cl3FN2O. The fraction of sp³-hybridized carbons (Fsp3) is 0.154. The molecule has 20 heavy (non-hydrogen) atoms. The topological polar surface area (TPSA) is 34.2 Å². The molecule has 0 atom stereocenters. The van der Waals surface area contributed by atoms with Crippen molar-refractivity contribution in [3.63, 3.8) is 0 Å². The van der Waals surface area contributed by atoms with E-state index in [0.717, 1.165) is 6.07 Å². The largest absolute Gasteiger partial charge is 0.437 e. The lowest BCUT2D eigenvalue weighted by Gasteiger charge is -2.11. The van der Waals surface area contributed by atoms with Gasteiger partial charge in [-0.05, 0) is 25.1 Å². The molecule has 0 amide bonds. The van der Waals surface area contributed by atoms with Crippen LogP contribution in [0.3, 0.4) is 0 Å². The Morgan fingerprint density at radius 3 is 2.55 bits per heavy atom. The summed E-state index contributed by atoms with van der Waals surface area (Å²) < 4.78 is 18.8. The van der Waals surface area contributed by atoms with Gasteiger partial charge in [-0.15, -0.1) is 0 Å². The monoisotopic (exact) mass is 334 g/mol. The number of ether oxygens (including phenoxy) is 1. The summed E-state index contributed by atoms with van der Waals surface area (Å²) in [6, 6.07) is 5.57. The number of aromatic nitrogens is 1. The minimum atomic E-state index is -0.582. The molecule has 0 spiro atoms. The molecule has 0 saturated heterocycles. The van der Waals surface area contributed by atoms with Gasteiger partial charge in [-0.3, -0.25) is 0 Å². The van der Waals surface area contributed by atoms with E-state index in [-0.39, 0.29) is 21.7 Å². The van der Waals surface area contributed by atoms with Crippen molar-refractivity contribution in [1.82, 2.24) is 4.98 Å². The minimum Gasteiger partial charge on any atom is -0.437 e. The molecule has 0 bridgehead atoms. The first-order valence-electron chi connectivity index (χ1n) is 5.74. The number of halogens is 4. The second-order valence-corrected chi connectivity index (χ2v) is 5.04. The number of anilines is 1. The molecule has 0 aliphatic heterocycles. The lowest BCUT2D eigenvalue weighted by Crippen LogP contribution is -2.01. The Balaban J connectivity index is 2.32. The van der Waals surface area contributed by atoms with Crippen molar-refractivity contribution in [3.05, 3.63) is 45.2 Å². The van der Waals surface area contributed by atoms with Crippen molar-refractivity contribution < 1.29 is 9.13 Å². The van der Waals surface area contributed by atoms with Gasteiger partial charge in [0, 0.05) is 12.6 Å². The summed E-state index contributed by atoms with van der Waals surface area (Å²) >= 11 is 17.6. The van der Waals surface area contributed by atoms with Crippen molar-refractivity contribution in [1.29, 1.82) is 0 Å². The van der Waals surface area contributed by atoms with Crippen LogP contribution in [0.5, 0.6) is 11.6 Å². The van der Waals surface area contributed by atoms with Gasteiger partial charge in [0.05, 0.1) is 10.0 Å². The molecule has 2 aromatic rings. The number of benzene rings is 1. The molecule has 0 aliphatic rings. The Labute approximate surface area is 130 Å². The van der Waals surface area contributed by atoms with Crippen molar-refractivity contribution in [3.8, 4) is 11.6 Å². The summed E-state index contributed by atoms with van der Waals surface area (Å²) in [6.45, 7) is 2.55. The fourth-order valence-electron chi connectivity index (χ4n) is 1.46. The molecule has 1 aromatic carbocycles. The number of nitrogens with zero attached hydrogens (tertiary/aromatic N) is 1. The Morgan fingerprint density at radius 1 is 1.15 bits per heavy atom. The average molecular weight is 336 g/mol. The van der Waals surface area contributed by atoms with Gasteiger partial charge in [0.2, 0.25) is 5.88 Å². The Bertz CT molecular complexity index is 637. The van der Waals surface area contributed by atoms with E-state index in [4.69, 9.17) is 39.5 Å². The van der Waals surface area contributed by atoms with Crippen LogP contribution < -0.4 is 10.1 Å². The molecule has 0 fully saturated rings. The van der Waals surface area contributed by atoms with Crippen LogP contribution in [0.25, 0.3) is 0 Å². The highest BCUT2D eigenvalue weighted by atomic mass is 35.5. The molecule has 2 rings (SSSR count). The number of nitrogens with one attached hydrogen (secondary N) is 1. The van der Waals surface area contributed by atoms with E-state index in [1.54, 1.807) is 0 Å². The van der Waals surface area contributed by atoms with Crippen molar-refractivity contribution in [2.45, 2.75) is 6.92 Å². The number of rotatable bonds is 4. The summed E-state index contributed by atoms with van der Waals surface area (Å²) in [4.78, 5) is 4.16. The van der Waals surface area contributed by atoms with Crippen LogP contribution >= 0.6 is 34.8 Å². The third-order valence-corrected chi connectivity index (χ3v) is 3.21. The van der Waals surface area contributed by atoms with Gasteiger partial charge in [-0.25, -0.2) is 4.39 Å². The van der Waals surface area contributed by atoms with E-state index >= 15 is 0 Å². The van der Waals surface area contributed by atoms with E-state index in [2.05, 4.69) is 10.3 Å². The van der Waals surface area contributed by atoms with E-state index in [1.165, 1.54) is 18.2 Å². The maximum Gasteiger partial charge on any atom is 0.240 e. The third-order valence-electron chi connectivity index (χ3n) is 2.35. The zero-order valence-electron chi connectivity index (χ0n) is 10.4. The molecule has 1 aromatic heterocycles. The highest BCUT2D eigenvalue weighted by molar-refractivity contribution is 6.36. The van der Waals surface area contributed by atoms with Gasteiger partial charge < -0.3 is 10.1 Å². The zero-order valence-corrected chi connectivity index (χ0v) is 12.7. The Kier molecular flexibility index (Phi) is 4.91. The lowest BCUT2D eigenvalue weighted by atomic mass is 10.3. The molecule has 0 saturated carbocycles. The number of hydrogen-bond donors (Lipinski definition) is 1. The first-order valence-corrected chi connectivity index (χ1v) is 6.87. The smallest absolute Gasteiger partial charge is 0.240 e. The first kappa shape index (κ1) is 15.2. The van der Waals surface area contributed by atoms with Crippen LogP contribution in [0.4, 0.5) is 10.2 Å². The second kappa shape index (κ2) is 6.48. The van der Waals surface area contributed by atoms with Gasteiger partial charge in [-0.2, -0.15) is 4.98 Å². The minimum absolute atomic E-state index is 0.0147. The number of hydrogen-bond acceptors (Lipinski definition) is 3. The SMILES string of the molecule is CCNc1nc(Oc2ccc(Cl)c(F)c2)c(Cl)cc1Cl. The van der Waals surface area contributed by atoms with E-state index in [0.29, 0.717) is 17.4 Å². The van der Waals surface area contributed by atoms with Crippen LogP contribution in [-0.2, 0) is 0 Å². The van der Waals surface area contributed by atoms with Crippen molar-refractivity contribution in [2.75, 3.05) is 11.9 Å². The Hall–Kier alpha value is -1.23. The molecular weight excluding hydrogens is 326 g/mol. The summed E-state index contributed by atoms with van der Waals surface area (Å²) in [7, 11) is 0. The summed E-state index contributed by atoms with van der Waals surface area (Å²) in [5, 5.41) is 3.60. The van der Waals surface area contributed by atoms with Gasteiger partial charge in [0.25, 0.3) is 0 Å². The summed E-state index contributed by atoms with van der Waals surface area (Å²) in [5.41, 5.74) is 0. The lowest BCUT2D eigenvalue weighted by molar-refractivity contribution is 0.459. The number of pyridine rings is 1. The molecule has 0 unspecified atom stereocenters. The van der Waals surface area contributed by atoms with Crippen LogP contribution in [0, 0.1) is 5.82 Å². The van der Waals surface area contributed by atoms with Gasteiger partial charge in [0.15, 0.2) is 0 Å². The van der Waals surface area contributed by atoms with Gasteiger partial charge in [-0.1, -0.05) is 34.8 Å². The first-order chi connectivity index (χ1) is 9.51. The van der Waals surface area contributed by atoms with E-state index in [1.807, 2.05) is 6.92 Å². The summed E-state index contributed by atoms with van der Waals surface area (Å²) in [6.07, 6.45) is 0. The third kappa shape index (κ3) is 3.45. The highest BCUT2D eigenvalue weighted by Crippen LogP contribution is 2.34. The highest BCUT2D eigenvalue weighted by Gasteiger charge is 2.12. The normalized spacial score (nSPS) is 10.4. The van der Waals surface area contributed by atoms with E-state index in [9.17, 15) is 4.39 Å². The maximum absolute atomic E-state index is 13.3. The Morgan fingerprint density at radius 2 is 1.90 bits per heavy atom. The molecule has 1 heterocycles. The van der Waals surface area contributed by atoms with Crippen LogP contribution in [0.15, 0.2) is 24.3 Å². The predicted octanol–water partition coefficient (Wildman–Crippen LogP) is 5.41. The molecule has 0 radical (unpaired) electrons. The second-order valence-electron chi connectivity index (χ2n) is 3.81. The van der Waals surface area contributed by atoms with Gasteiger partial charge in [0.1, 0.15) is 22.4 Å². The fourth-order valence-corrected chi connectivity index (χ4v) is 2.05. The quantitative estimate of drug-likeness (QED) is 0.811. The molecule has 1 N–H and O–H groups in total. The van der Waals surface area contributed by atoms with Crippen molar-refractivity contribution >= 4 is 40.6 Å². The van der Waals surface area contributed by atoms with Crippen LogP contribution in [0.2, 0.25) is 15.1 Å². The average Bonchev–Trinajstić information content (AvgIpc) is 2.39. The van der Waals surface area contributed by atoms with Crippen molar-refractivity contribution in [2.24, 2.45) is 0 Å². The molecule has 0 aliphatic carbocycles. The van der Waals surface area contributed by atoms with Gasteiger partial charge >= 0.3 is 0 Å². The van der Waals surface area contributed by atoms with Crippen LogP contribution in [0.1, 0.15) is 6.92 Å². The van der Waals surface area contributed by atoms with E-state index < -0.39 is 5.82 Å². The molecule has 3 nitrogen and oxygen atoms in total. The predicted molar refractivity (Wildman–Crippen MR) is 79.9 cm³/mol. The maximum atomic E-state index is 13.3. The standard InChI is InChI=1S/C13H10Cl3FN2O/c1-2-18-12-9(15)6-10(16)13(19-12)20-7-3-4-8(14)11(17)5-7/h3-6H,2H2,1H3,(H,18,19). The molecule has 106 valence electrons. The van der Waals surface area contributed by atoms with Crippen LogP contribution in [-0.4, -0.2) is 11.5 Å². The molecule has 7 heteroatoms. The summed E-state index contributed by atoms with van der Waals surface area (Å²) in [5.74, 6) is 0.240.